The van der Waals surface area contributed by atoms with E-state index < -0.39 is 11.7 Å². The molecular formula is C34H43N3O5. The Hall–Kier alpha value is -4.04. The van der Waals surface area contributed by atoms with Crippen LogP contribution in [0.1, 0.15) is 60.7 Å². The molecule has 0 aromatic heterocycles. The van der Waals surface area contributed by atoms with Crippen LogP contribution >= 0.6 is 0 Å². The van der Waals surface area contributed by atoms with Crippen molar-refractivity contribution in [3.05, 3.63) is 95.1 Å². The third-order valence-corrected chi connectivity index (χ3v) is 7.56. The average Bonchev–Trinajstić information content (AvgIpc) is 2.99. The maximum absolute atomic E-state index is 12.6. The van der Waals surface area contributed by atoms with Crippen molar-refractivity contribution in [2.24, 2.45) is 0 Å². The first-order valence-corrected chi connectivity index (χ1v) is 14.5. The topological polar surface area (TPSA) is 89.1 Å². The first-order valence-electron chi connectivity index (χ1n) is 14.5. The number of methoxy groups -OCH3 is 2. The first kappa shape index (κ1) is 30.9. The first-order chi connectivity index (χ1) is 20.1. The van der Waals surface area contributed by atoms with E-state index in [1.165, 1.54) is 11.1 Å². The summed E-state index contributed by atoms with van der Waals surface area (Å²) in [5, 5.41) is 5.49. The number of piperidine rings is 1. The molecule has 0 aliphatic carbocycles. The molecule has 3 aromatic carbocycles. The molecule has 0 atom stereocenters. The van der Waals surface area contributed by atoms with Crippen molar-refractivity contribution < 1.29 is 23.8 Å². The van der Waals surface area contributed by atoms with Crippen molar-refractivity contribution >= 4 is 12.0 Å². The molecule has 2 amide bonds. The van der Waals surface area contributed by atoms with Gasteiger partial charge in [0.05, 0.1) is 14.2 Å². The Morgan fingerprint density at radius 3 is 1.88 bits per heavy atom. The van der Waals surface area contributed by atoms with Crippen LogP contribution in [0, 0.1) is 0 Å². The molecule has 4 rings (SSSR count). The molecule has 1 heterocycles. The average molecular weight is 574 g/mol. The second-order valence-electron chi connectivity index (χ2n) is 11.7. The van der Waals surface area contributed by atoms with Gasteiger partial charge in [0.25, 0.3) is 5.91 Å². The Morgan fingerprint density at radius 1 is 0.810 bits per heavy atom. The van der Waals surface area contributed by atoms with Crippen LogP contribution in [0.25, 0.3) is 0 Å². The zero-order valence-electron chi connectivity index (χ0n) is 25.4. The van der Waals surface area contributed by atoms with E-state index in [1.54, 1.807) is 14.2 Å². The minimum absolute atomic E-state index is 0.163. The molecule has 0 bridgehead atoms. The Labute approximate surface area is 249 Å². The number of rotatable bonds is 10. The summed E-state index contributed by atoms with van der Waals surface area (Å²) in [7, 11) is 3.38. The molecule has 0 saturated carbocycles. The smallest absolute Gasteiger partial charge is 0.407 e. The fourth-order valence-electron chi connectivity index (χ4n) is 5.51. The second kappa shape index (κ2) is 13.7. The number of benzene rings is 3. The molecule has 1 aliphatic rings. The predicted octanol–water partition coefficient (Wildman–Crippen LogP) is 5.54. The third-order valence-electron chi connectivity index (χ3n) is 7.56. The summed E-state index contributed by atoms with van der Waals surface area (Å²) in [6.45, 7) is 8.68. The predicted molar refractivity (Wildman–Crippen MR) is 164 cm³/mol. The molecule has 8 nitrogen and oxygen atoms in total. The molecule has 42 heavy (non-hydrogen) atoms. The van der Waals surface area contributed by atoms with E-state index in [0.29, 0.717) is 12.1 Å². The Bertz CT molecular complexity index is 1270. The zero-order chi connectivity index (χ0) is 30.2. The fraction of sp³-hybridized carbons (Fsp3) is 0.412. The summed E-state index contributed by atoms with van der Waals surface area (Å²) in [5.41, 5.74) is 3.55. The van der Waals surface area contributed by atoms with Crippen molar-refractivity contribution in [2.75, 3.05) is 40.4 Å². The van der Waals surface area contributed by atoms with Gasteiger partial charge in [-0.25, -0.2) is 4.79 Å². The maximum atomic E-state index is 12.6. The molecule has 1 fully saturated rings. The van der Waals surface area contributed by atoms with Gasteiger partial charge in [0, 0.05) is 37.2 Å². The molecule has 0 spiro atoms. The number of nitrogens with zero attached hydrogens (tertiary/aromatic N) is 1. The minimum atomic E-state index is -0.559. The number of ether oxygens (including phenoxy) is 3. The monoisotopic (exact) mass is 573 g/mol. The summed E-state index contributed by atoms with van der Waals surface area (Å²) in [6.07, 6.45) is 1.61. The minimum Gasteiger partial charge on any atom is -0.497 e. The van der Waals surface area contributed by atoms with Gasteiger partial charge in [0.15, 0.2) is 0 Å². The van der Waals surface area contributed by atoms with Gasteiger partial charge in [0.2, 0.25) is 0 Å². The van der Waals surface area contributed by atoms with E-state index in [4.69, 9.17) is 14.2 Å². The van der Waals surface area contributed by atoms with Crippen LogP contribution in [0.4, 0.5) is 4.79 Å². The quantitative estimate of drug-likeness (QED) is 0.310. The number of hydrogen-bond donors (Lipinski definition) is 2. The molecule has 8 heteroatoms. The Morgan fingerprint density at radius 2 is 1.36 bits per heavy atom. The van der Waals surface area contributed by atoms with Gasteiger partial charge < -0.3 is 24.8 Å². The molecule has 0 radical (unpaired) electrons. The van der Waals surface area contributed by atoms with Gasteiger partial charge in [-0.05, 0) is 93.2 Å². The normalized spacial score (nSPS) is 15.0. The van der Waals surface area contributed by atoms with E-state index in [2.05, 4.69) is 39.8 Å². The van der Waals surface area contributed by atoms with E-state index in [0.717, 1.165) is 49.5 Å². The summed E-state index contributed by atoms with van der Waals surface area (Å²) in [4.78, 5) is 26.9. The van der Waals surface area contributed by atoms with Crippen molar-refractivity contribution in [1.29, 1.82) is 0 Å². The SMILES string of the molecule is COc1ccc(C2(c3ccc(OC)cc3)CCCN(Cc3ccc(C(=O)NCCNC(=O)OC(C)(C)C)cc3)C2)cc1. The number of alkyl carbamates (subject to hydrolysis) is 1. The molecule has 1 aliphatic heterocycles. The Balaban J connectivity index is 1.40. The number of carbonyl (C=O) groups is 2. The van der Waals surface area contributed by atoms with E-state index >= 15 is 0 Å². The molecule has 3 aromatic rings. The van der Waals surface area contributed by atoms with E-state index in [1.807, 2.05) is 69.3 Å². The number of nitrogens with one attached hydrogen (secondary N) is 2. The molecule has 0 unspecified atom stereocenters. The van der Waals surface area contributed by atoms with Crippen LogP contribution in [0.5, 0.6) is 11.5 Å². The maximum Gasteiger partial charge on any atom is 0.407 e. The standard InChI is InChI=1S/C34H43N3O5/c1-33(2,3)42-32(39)36-21-20-35-31(38)26-9-7-25(8-10-26)23-37-22-6-19-34(24-37,27-11-15-29(40-4)16-12-27)28-13-17-30(41-5)18-14-28/h7-18H,6,19-24H2,1-5H3,(H,35,38)(H,36,39). The highest BCUT2D eigenvalue weighted by Gasteiger charge is 2.38. The van der Waals surface area contributed by atoms with Crippen LogP contribution in [-0.2, 0) is 16.7 Å². The van der Waals surface area contributed by atoms with Crippen LogP contribution in [0.3, 0.4) is 0 Å². The highest BCUT2D eigenvalue weighted by atomic mass is 16.6. The van der Waals surface area contributed by atoms with Crippen molar-refractivity contribution in [3.63, 3.8) is 0 Å². The van der Waals surface area contributed by atoms with Crippen LogP contribution < -0.4 is 20.1 Å². The number of carbonyl (C=O) groups excluding carboxylic acids is 2. The molecule has 224 valence electrons. The molecular weight excluding hydrogens is 530 g/mol. The summed E-state index contributed by atoms with van der Waals surface area (Å²) in [5.74, 6) is 1.52. The van der Waals surface area contributed by atoms with Crippen molar-refractivity contribution in [2.45, 2.75) is 51.2 Å². The van der Waals surface area contributed by atoms with Crippen LogP contribution in [0.2, 0.25) is 0 Å². The van der Waals surface area contributed by atoms with Crippen molar-refractivity contribution in [3.8, 4) is 11.5 Å². The van der Waals surface area contributed by atoms with Gasteiger partial charge in [-0.2, -0.15) is 0 Å². The van der Waals surface area contributed by atoms with Gasteiger partial charge >= 0.3 is 6.09 Å². The molecule has 2 N–H and O–H groups in total. The van der Waals surface area contributed by atoms with Crippen molar-refractivity contribution in [1.82, 2.24) is 15.5 Å². The van der Waals surface area contributed by atoms with Gasteiger partial charge in [-0.1, -0.05) is 36.4 Å². The fourth-order valence-corrected chi connectivity index (χ4v) is 5.51. The highest BCUT2D eigenvalue weighted by Crippen LogP contribution is 2.41. The van der Waals surface area contributed by atoms with Crippen LogP contribution in [-0.4, -0.2) is 62.9 Å². The largest absolute Gasteiger partial charge is 0.497 e. The van der Waals surface area contributed by atoms with Gasteiger partial charge in [0.1, 0.15) is 17.1 Å². The zero-order valence-corrected chi connectivity index (χ0v) is 25.4. The van der Waals surface area contributed by atoms with Crippen LogP contribution in [0.15, 0.2) is 72.8 Å². The molecule has 1 saturated heterocycles. The van der Waals surface area contributed by atoms with Gasteiger partial charge in [-0.3, -0.25) is 9.69 Å². The third kappa shape index (κ3) is 8.03. The van der Waals surface area contributed by atoms with Gasteiger partial charge in [-0.15, -0.1) is 0 Å². The highest BCUT2D eigenvalue weighted by molar-refractivity contribution is 5.94. The number of likely N-dealkylation sites (tertiary alicyclic amines) is 1. The summed E-state index contributed by atoms with van der Waals surface area (Å²) < 4.78 is 16.1. The lowest BCUT2D eigenvalue weighted by Gasteiger charge is -2.44. The number of amides is 2. The second-order valence-corrected chi connectivity index (χ2v) is 11.7. The Kier molecular flexibility index (Phi) is 10.1. The lowest BCUT2D eigenvalue weighted by Crippen LogP contribution is -2.46. The lowest BCUT2D eigenvalue weighted by atomic mass is 9.69. The number of hydrogen-bond acceptors (Lipinski definition) is 6. The summed E-state index contributed by atoms with van der Waals surface area (Å²) >= 11 is 0. The summed E-state index contributed by atoms with van der Waals surface area (Å²) in [6, 6.07) is 24.6. The van der Waals surface area contributed by atoms with E-state index in [-0.39, 0.29) is 17.9 Å². The van der Waals surface area contributed by atoms with E-state index in [9.17, 15) is 9.59 Å². The lowest BCUT2D eigenvalue weighted by molar-refractivity contribution is 0.0526.